The molecular formula is C14H20ClNO. The van der Waals surface area contributed by atoms with Crippen molar-refractivity contribution in [1.29, 1.82) is 0 Å². The van der Waals surface area contributed by atoms with Crippen LogP contribution in [0.1, 0.15) is 31.2 Å². The van der Waals surface area contributed by atoms with E-state index in [4.69, 9.17) is 0 Å². The summed E-state index contributed by atoms with van der Waals surface area (Å²) in [4.78, 5) is 2.54. The van der Waals surface area contributed by atoms with Crippen LogP contribution in [0.5, 0.6) is 0 Å². The van der Waals surface area contributed by atoms with Gasteiger partial charge in [0.1, 0.15) is 0 Å². The molecule has 0 bridgehead atoms. The van der Waals surface area contributed by atoms with E-state index >= 15 is 0 Å². The summed E-state index contributed by atoms with van der Waals surface area (Å²) in [7, 11) is 0. The maximum Gasteiger partial charge on any atom is 0.0587 e. The van der Waals surface area contributed by atoms with Gasteiger partial charge in [-0.1, -0.05) is 30.3 Å². The molecule has 1 saturated carbocycles. The van der Waals surface area contributed by atoms with Crippen LogP contribution in [0.3, 0.4) is 0 Å². The molecule has 1 aromatic rings. The van der Waals surface area contributed by atoms with Gasteiger partial charge in [0.05, 0.1) is 6.61 Å². The Morgan fingerprint density at radius 1 is 1.18 bits per heavy atom. The molecule has 2 aliphatic rings. The highest BCUT2D eigenvalue weighted by Gasteiger charge is 2.53. The molecule has 1 aliphatic carbocycles. The van der Waals surface area contributed by atoms with Crippen LogP contribution < -0.4 is 0 Å². The van der Waals surface area contributed by atoms with Gasteiger partial charge in [-0.05, 0) is 31.2 Å². The van der Waals surface area contributed by atoms with Crippen molar-refractivity contribution in [3.63, 3.8) is 0 Å². The van der Waals surface area contributed by atoms with Gasteiger partial charge in [0, 0.05) is 18.1 Å². The van der Waals surface area contributed by atoms with Crippen molar-refractivity contribution in [2.45, 2.75) is 43.8 Å². The molecule has 1 aromatic carbocycles. The van der Waals surface area contributed by atoms with Gasteiger partial charge < -0.3 is 5.11 Å². The molecule has 2 fully saturated rings. The first-order valence-corrected chi connectivity index (χ1v) is 6.26. The van der Waals surface area contributed by atoms with Crippen LogP contribution in [0.4, 0.5) is 0 Å². The van der Waals surface area contributed by atoms with Crippen LogP contribution in [-0.4, -0.2) is 28.2 Å². The zero-order valence-electron chi connectivity index (χ0n) is 10.0. The largest absolute Gasteiger partial charge is 0.395 e. The van der Waals surface area contributed by atoms with Crippen molar-refractivity contribution in [2.75, 3.05) is 6.61 Å². The summed E-state index contributed by atoms with van der Waals surface area (Å²) in [5.74, 6) is 0. The van der Waals surface area contributed by atoms with Crippen LogP contribution in [0.15, 0.2) is 30.3 Å². The summed E-state index contributed by atoms with van der Waals surface area (Å²) in [6.45, 7) is 1.32. The van der Waals surface area contributed by atoms with Gasteiger partial charge >= 0.3 is 0 Å². The topological polar surface area (TPSA) is 23.5 Å². The molecular weight excluding hydrogens is 234 g/mol. The monoisotopic (exact) mass is 253 g/mol. The molecule has 0 amide bonds. The highest BCUT2D eigenvalue weighted by Crippen LogP contribution is 2.52. The van der Waals surface area contributed by atoms with Gasteiger partial charge in [-0.3, -0.25) is 4.90 Å². The Morgan fingerprint density at radius 3 is 2.47 bits per heavy atom. The summed E-state index contributed by atoms with van der Waals surface area (Å²) in [6.07, 6.45) is 5.11. The minimum absolute atomic E-state index is 0. The third kappa shape index (κ3) is 2.35. The maximum absolute atomic E-state index is 9.43. The lowest BCUT2D eigenvalue weighted by molar-refractivity contribution is 0.112. The van der Waals surface area contributed by atoms with Crippen LogP contribution in [-0.2, 0) is 6.54 Å². The molecule has 3 heteroatoms. The minimum Gasteiger partial charge on any atom is -0.395 e. The quantitative estimate of drug-likeness (QED) is 0.895. The van der Waals surface area contributed by atoms with Crippen LogP contribution >= 0.6 is 12.4 Å². The molecule has 1 aliphatic heterocycles. The fourth-order valence-electron chi connectivity index (χ4n) is 3.07. The lowest BCUT2D eigenvalue weighted by Crippen LogP contribution is -2.38. The molecule has 0 unspecified atom stereocenters. The maximum atomic E-state index is 9.43. The smallest absolute Gasteiger partial charge is 0.0587 e. The predicted octanol–water partition coefficient (Wildman–Crippen LogP) is 2.60. The lowest BCUT2D eigenvalue weighted by atomic mass is 10.1. The minimum atomic E-state index is 0. The van der Waals surface area contributed by atoms with Crippen molar-refractivity contribution in [3.05, 3.63) is 35.9 Å². The Kier molecular flexibility index (Phi) is 3.76. The fraction of sp³-hybridized carbons (Fsp3) is 0.571. The first-order valence-electron chi connectivity index (χ1n) is 6.26. The summed E-state index contributed by atoms with van der Waals surface area (Å²) in [5, 5.41) is 9.43. The molecule has 94 valence electrons. The Morgan fingerprint density at radius 2 is 1.88 bits per heavy atom. The van der Waals surface area contributed by atoms with Crippen LogP contribution in [0.25, 0.3) is 0 Å². The molecule has 1 heterocycles. The molecule has 1 atom stereocenters. The van der Waals surface area contributed by atoms with Crippen LogP contribution in [0, 0.1) is 0 Å². The summed E-state index contributed by atoms with van der Waals surface area (Å²) in [6, 6.07) is 11.0. The lowest BCUT2D eigenvalue weighted by Gasteiger charge is -2.29. The summed E-state index contributed by atoms with van der Waals surface area (Å²) < 4.78 is 0. The molecule has 3 rings (SSSR count). The zero-order chi connectivity index (χ0) is 11.0. The number of benzene rings is 1. The van der Waals surface area contributed by atoms with Gasteiger partial charge in [-0.2, -0.15) is 0 Å². The molecule has 2 nitrogen and oxygen atoms in total. The third-order valence-corrected chi connectivity index (χ3v) is 4.23. The Labute approximate surface area is 109 Å². The molecule has 0 radical (unpaired) electrons. The van der Waals surface area contributed by atoms with Crippen molar-refractivity contribution >= 4 is 12.4 Å². The molecule has 1 N–H and O–H groups in total. The van der Waals surface area contributed by atoms with Crippen molar-refractivity contribution < 1.29 is 5.11 Å². The second-order valence-electron chi connectivity index (χ2n) is 5.21. The van der Waals surface area contributed by atoms with E-state index < -0.39 is 0 Å². The average molecular weight is 254 g/mol. The normalized spacial score (nSPS) is 25.8. The molecule has 0 aromatic heterocycles. The van der Waals surface area contributed by atoms with Crippen molar-refractivity contribution in [1.82, 2.24) is 4.90 Å². The SMILES string of the molecule is Cl.OC[C@@H]1CCC2(CC2)N1Cc1ccccc1. The van der Waals surface area contributed by atoms with Gasteiger partial charge in [0.2, 0.25) is 0 Å². The van der Waals surface area contributed by atoms with E-state index in [1.807, 2.05) is 0 Å². The van der Waals surface area contributed by atoms with E-state index in [0.29, 0.717) is 18.2 Å². The van der Waals surface area contributed by atoms with E-state index in [0.717, 1.165) is 6.54 Å². The van der Waals surface area contributed by atoms with Gasteiger partial charge in [0.25, 0.3) is 0 Å². The highest BCUT2D eigenvalue weighted by atomic mass is 35.5. The third-order valence-electron chi connectivity index (χ3n) is 4.23. The highest BCUT2D eigenvalue weighted by molar-refractivity contribution is 5.85. The predicted molar refractivity (Wildman–Crippen MR) is 71.3 cm³/mol. The van der Waals surface area contributed by atoms with Gasteiger partial charge in [0.15, 0.2) is 0 Å². The molecule has 1 saturated heterocycles. The Bertz CT molecular complexity index is 364. The number of aliphatic hydroxyl groups is 1. The molecule has 17 heavy (non-hydrogen) atoms. The number of halogens is 1. The number of hydrogen-bond acceptors (Lipinski definition) is 2. The van der Waals surface area contributed by atoms with Crippen molar-refractivity contribution in [2.24, 2.45) is 0 Å². The first kappa shape index (κ1) is 12.9. The summed E-state index contributed by atoms with van der Waals surface area (Å²) in [5.41, 5.74) is 1.83. The van der Waals surface area contributed by atoms with E-state index in [1.54, 1.807) is 0 Å². The van der Waals surface area contributed by atoms with Gasteiger partial charge in [-0.25, -0.2) is 0 Å². The number of likely N-dealkylation sites (tertiary alicyclic amines) is 1. The van der Waals surface area contributed by atoms with E-state index in [2.05, 4.69) is 35.2 Å². The van der Waals surface area contributed by atoms with E-state index in [-0.39, 0.29) is 12.4 Å². The number of rotatable bonds is 3. The summed E-state index contributed by atoms with van der Waals surface area (Å²) >= 11 is 0. The van der Waals surface area contributed by atoms with E-state index in [1.165, 1.54) is 31.2 Å². The number of aliphatic hydroxyl groups excluding tert-OH is 1. The second-order valence-corrected chi connectivity index (χ2v) is 5.21. The molecule has 1 spiro atoms. The van der Waals surface area contributed by atoms with E-state index in [9.17, 15) is 5.11 Å². The van der Waals surface area contributed by atoms with Crippen LogP contribution in [0.2, 0.25) is 0 Å². The Balaban J connectivity index is 0.00000108. The van der Waals surface area contributed by atoms with Gasteiger partial charge in [-0.15, -0.1) is 12.4 Å². The fourth-order valence-corrected chi connectivity index (χ4v) is 3.07. The number of nitrogens with zero attached hydrogens (tertiary/aromatic N) is 1. The zero-order valence-corrected chi connectivity index (χ0v) is 10.8. The average Bonchev–Trinajstić information content (AvgIpc) is 3.02. The van der Waals surface area contributed by atoms with Crippen molar-refractivity contribution in [3.8, 4) is 0 Å². The first-order chi connectivity index (χ1) is 7.84. The second kappa shape index (κ2) is 4.97. The number of hydrogen-bond donors (Lipinski definition) is 1. The standard InChI is InChI=1S/C14H19NO.ClH/c16-11-13-6-7-14(8-9-14)15(13)10-12-4-2-1-3-5-12;/h1-5,13,16H,6-11H2;1H/t13-;/m0./s1. The Hall–Kier alpha value is -0.570.